The standard InChI is InChI=1S/C28H27NO2/c1-30-26-14-8-13-23-17-20(15-16-25(23)26)18-24-19-31-28(29-24)27(21-9-4-2-5-10-21)22-11-6-3-7-12-22/h2-14,19-20,27H,15-18H2,1H3. The summed E-state index contributed by atoms with van der Waals surface area (Å²) in [5.74, 6) is 2.37. The molecule has 1 heterocycles. The number of rotatable bonds is 6. The number of hydrogen-bond acceptors (Lipinski definition) is 3. The minimum absolute atomic E-state index is 0.00694. The predicted molar refractivity (Wildman–Crippen MR) is 123 cm³/mol. The van der Waals surface area contributed by atoms with Gasteiger partial charge in [0.15, 0.2) is 0 Å². The van der Waals surface area contributed by atoms with Crippen LogP contribution >= 0.6 is 0 Å². The molecular formula is C28H27NO2. The Bertz CT molecular complexity index is 1090. The summed E-state index contributed by atoms with van der Waals surface area (Å²) in [5.41, 5.74) is 6.21. The summed E-state index contributed by atoms with van der Waals surface area (Å²) in [5, 5.41) is 0. The van der Waals surface area contributed by atoms with Gasteiger partial charge in [0, 0.05) is 0 Å². The lowest BCUT2D eigenvalue weighted by atomic mass is 9.81. The normalized spacial score (nSPS) is 15.6. The molecule has 0 saturated carbocycles. The molecule has 0 fully saturated rings. The average molecular weight is 410 g/mol. The van der Waals surface area contributed by atoms with Crippen LogP contribution in [-0.2, 0) is 19.3 Å². The fourth-order valence-electron chi connectivity index (χ4n) is 4.83. The first-order chi connectivity index (χ1) is 15.3. The van der Waals surface area contributed by atoms with E-state index in [4.69, 9.17) is 14.1 Å². The second kappa shape index (κ2) is 8.81. The first-order valence-corrected chi connectivity index (χ1v) is 11.0. The van der Waals surface area contributed by atoms with Crippen LogP contribution in [0, 0.1) is 5.92 Å². The summed E-state index contributed by atoms with van der Waals surface area (Å²) in [4.78, 5) is 4.96. The summed E-state index contributed by atoms with van der Waals surface area (Å²) < 4.78 is 11.6. The number of ether oxygens (including phenoxy) is 1. The molecule has 0 N–H and O–H groups in total. The van der Waals surface area contributed by atoms with Crippen molar-refractivity contribution < 1.29 is 9.15 Å². The molecule has 31 heavy (non-hydrogen) atoms. The third-order valence-corrected chi connectivity index (χ3v) is 6.34. The zero-order chi connectivity index (χ0) is 21.0. The summed E-state index contributed by atoms with van der Waals surface area (Å²) in [6, 6.07) is 27.4. The molecule has 156 valence electrons. The van der Waals surface area contributed by atoms with E-state index in [9.17, 15) is 0 Å². The predicted octanol–water partition coefficient (Wildman–Crippen LogP) is 6.21. The molecule has 5 rings (SSSR count). The molecule has 0 amide bonds. The maximum atomic E-state index is 6.05. The van der Waals surface area contributed by atoms with E-state index in [1.54, 1.807) is 7.11 Å². The van der Waals surface area contributed by atoms with E-state index in [-0.39, 0.29) is 5.92 Å². The van der Waals surface area contributed by atoms with E-state index in [1.165, 1.54) is 22.3 Å². The molecule has 0 bridgehead atoms. The average Bonchev–Trinajstić information content (AvgIpc) is 3.28. The Balaban J connectivity index is 1.38. The van der Waals surface area contributed by atoms with Gasteiger partial charge in [0.2, 0.25) is 5.89 Å². The number of benzene rings is 3. The van der Waals surface area contributed by atoms with Crippen LogP contribution in [0.25, 0.3) is 0 Å². The highest BCUT2D eigenvalue weighted by Crippen LogP contribution is 2.35. The molecule has 0 aliphatic heterocycles. The largest absolute Gasteiger partial charge is 0.496 e. The number of fused-ring (bicyclic) bond motifs is 1. The van der Waals surface area contributed by atoms with E-state index < -0.39 is 0 Å². The van der Waals surface area contributed by atoms with Gasteiger partial charge in [-0.05, 0) is 59.9 Å². The van der Waals surface area contributed by atoms with Gasteiger partial charge in [-0.1, -0.05) is 72.8 Å². The van der Waals surface area contributed by atoms with Crippen LogP contribution in [0.15, 0.2) is 89.5 Å². The monoisotopic (exact) mass is 409 g/mol. The van der Waals surface area contributed by atoms with Crippen LogP contribution < -0.4 is 4.74 Å². The third-order valence-electron chi connectivity index (χ3n) is 6.34. The lowest BCUT2D eigenvalue weighted by Crippen LogP contribution is -2.17. The molecule has 1 aromatic heterocycles. The van der Waals surface area contributed by atoms with Gasteiger partial charge in [0.05, 0.1) is 18.7 Å². The van der Waals surface area contributed by atoms with Crippen LogP contribution in [0.2, 0.25) is 0 Å². The topological polar surface area (TPSA) is 35.3 Å². The maximum Gasteiger partial charge on any atom is 0.206 e. The van der Waals surface area contributed by atoms with Crippen molar-refractivity contribution in [1.29, 1.82) is 0 Å². The van der Waals surface area contributed by atoms with Gasteiger partial charge in [-0.15, -0.1) is 0 Å². The van der Waals surface area contributed by atoms with Gasteiger partial charge in [0.1, 0.15) is 12.0 Å². The molecule has 1 unspecified atom stereocenters. The van der Waals surface area contributed by atoms with Crippen LogP contribution in [0.4, 0.5) is 0 Å². The Kier molecular flexibility index (Phi) is 5.57. The number of oxazole rings is 1. The Labute approximate surface area is 183 Å². The second-order valence-electron chi connectivity index (χ2n) is 8.34. The highest BCUT2D eigenvalue weighted by Gasteiger charge is 2.25. The van der Waals surface area contributed by atoms with Crippen molar-refractivity contribution in [2.24, 2.45) is 5.92 Å². The smallest absolute Gasteiger partial charge is 0.206 e. The molecule has 3 aromatic carbocycles. The Morgan fingerprint density at radius 2 is 1.65 bits per heavy atom. The molecule has 3 heteroatoms. The summed E-state index contributed by atoms with van der Waals surface area (Å²) in [6.45, 7) is 0. The minimum atomic E-state index is 0.00694. The molecule has 1 aliphatic carbocycles. The first-order valence-electron chi connectivity index (χ1n) is 11.0. The maximum absolute atomic E-state index is 6.05. The van der Waals surface area contributed by atoms with E-state index in [0.717, 1.165) is 43.0 Å². The molecule has 0 saturated heterocycles. The Morgan fingerprint density at radius 1 is 0.935 bits per heavy atom. The summed E-state index contributed by atoms with van der Waals surface area (Å²) in [7, 11) is 1.76. The van der Waals surface area contributed by atoms with Crippen LogP contribution in [0.5, 0.6) is 5.75 Å². The summed E-state index contributed by atoms with van der Waals surface area (Å²) >= 11 is 0. The quantitative estimate of drug-likeness (QED) is 0.380. The van der Waals surface area contributed by atoms with Crippen LogP contribution in [0.3, 0.4) is 0 Å². The van der Waals surface area contributed by atoms with E-state index in [0.29, 0.717) is 5.92 Å². The second-order valence-corrected chi connectivity index (χ2v) is 8.34. The van der Waals surface area contributed by atoms with Crippen molar-refractivity contribution in [3.8, 4) is 5.75 Å². The molecule has 1 aliphatic rings. The zero-order valence-electron chi connectivity index (χ0n) is 17.8. The van der Waals surface area contributed by atoms with Gasteiger partial charge in [0.25, 0.3) is 0 Å². The Hall–Kier alpha value is -3.33. The number of aromatic nitrogens is 1. The fourth-order valence-corrected chi connectivity index (χ4v) is 4.83. The van der Waals surface area contributed by atoms with Crippen molar-refractivity contribution in [2.75, 3.05) is 7.11 Å². The van der Waals surface area contributed by atoms with Gasteiger partial charge in [-0.25, -0.2) is 4.98 Å². The lowest BCUT2D eigenvalue weighted by Gasteiger charge is -2.25. The van der Waals surface area contributed by atoms with E-state index in [1.807, 2.05) is 18.4 Å². The number of methoxy groups -OCH3 is 1. The van der Waals surface area contributed by atoms with Gasteiger partial charge in [-0.2, -0.15) is 0 Å². The van der Waals surface area contributed by atoms with E-state index >= 15 is 0 Å². The van der Waals surface area contributed by atoms with Crippen LogP contribution in [-0.4, -0.2) is 12.1 Å². The van der Waals surface area contributed by atoms with Crippen molar-refractivity contribution in [3.63, 3.8) is 0 Å². The molecule has 0 spiro atoms. The van der Waals surface area contributed by atoms with Gasteiger partial charge in [-0.3, -0.25) is 0 Å². The first kappa shape index (κ1) is 19.6. The highest BCUT2D eigenvalue weighted by molar-refractivity contribution is 5.42. The van der Waals surface area contributed by atoms with Crippen LogP contribution in [0.1, 0.15) is 46.2 Å². The number of hydrogen-bond donors (Lipinski definition) is 0. The molecule has 3 nitrogen and oxygen atoms in total. The Morgan fingerprint density at radius 3 is 2.32 bits per heavy atom. The third kappa shape index (κ3) is 4.13. The fraction of sp³-hybridized carbons (Fsp3) is 0.250. The minimum Gasteiger partial charge on any atom is -0.496 e. The SMILES string of the molecule is COc1cccc2c1CCC(Cc1coc(C(c3ccccc3)c3ccccc3)n1)C2. The highest BCUT2D eigenvalue weighted by atomic mass is 16.5. The van der Waals surface area contributed by atoms with Gasteiger partial charge >= 0.3 is 0 Å². The molecule has 4 aromatic rings. The molecular weight excluding hydrogens is 382 g/mol. The van der Waals surface area contributed by atoms with Crippen molar-refractivity contribution in [2.45, 2.75) is 31.6 Å². The van der Waals surface area contributed by atoms with Crippen molar-refractivity contribution in [1.82, 2.24) is 4.98 Å². The van der Waals surface area contributed by atoms with Crippen molar-refractivity contribution in [3.05, 3.63) is 119 Å². The molecule has 0 radical (unpaired) electrons. The summed E-state index contributed by atoms with van der Waals surface area (Å²) in [6.07, 6.45) is 6.07. The van der Waals surface area contributed by atoms with E-state index in [2.05, 4.69) is 66.7 Å². The number of nitrogens with zero attached hydrogens (tertiary/aromatic N) is 1. The molecule has 1 atom stereocenters. The zero-order valence-corrected chi connectivity index (χ0v) is 17.8. The van der Waals surface area contributed by atoms with Gasteiger partial charge < -0.3 is 9.15 Å². The lowest BCUT2D eigenvalue weighted by molar-refractivity contribution is 0.393. The van der Waals surface area contributed by atoms with Crippen molar-refractivity contribution >= 4 is 0 Å².